The van der Waals surface area contributed by atoms with Gasteiger partial charge in [-0.1, -0.05) is 12.1 Å². The minimum atomic E-state index is -0.257. The fraction of sp³-hybridized carbons (Fsp3) is 0.467. The lowest BCUT2D eigenvalue weighted by atomic mass is 10.2. The van der Waals surface area contributed by atoms with Crippen molar-refractivity contribution in [3.8, 4) is 0 Å². The highest BCUT2D eigenvalue weighted by atomic mass is 16.1. The van der Waals surface area contributed by atoms with Gasteiger partial charge in [-0.15, -0.1) is 0 Å². The van der Waals surface area contributed by atoms with Crippen LogP contribution in [0.5, 0.6) is 0 Å². The monoisotopic (exact) mass is 287 g/mol. The fourth-order valence-corrected chi connectivity index (χ4v) is 2.81. The van der Waals surface area contributed by atoms with Crippen LogP contribution in [0.1, 0.15) is 13.3 Å². The van der Waals surface area contributed by atoms with Crippen molar-refractivity contribution in [2.45, 2.75) is 19.4 Å². The van der Waals surface area contributed by atoms with Crippen LogP contribution in [0.2, 0.25) is 0 Å². The Morgan fingerprint density at radius 1 is 1.29 bits per heavy atom. The van der Waals surface area contributed by atoms with Crippen LogP contribution >= 0.6 is 0 Å². The number of carbonyl (C=O) groups is 1. The molecule has 0 saturated carbocycles. The first kappa shape index (κ1) is 13.9. The standard InChI is InChI=1S/C15H21N5O/c1-11(14(16)21)19-7-4-8-20(10-9-19)15-17-12-5-2-3-6-13(12)18-15/h2-3,5-6,11H,4,7-10H2,1H3,(H2,16,21)(H,17,18)/t11-/m0/s1. The Morgan fingerprint density at radius 3 is 2.86 bits per heavy atom. The van der Waals surface area contributed by atoms with Crippen molar-refractivity contribution in [3.63, 3.8) is 0 Å². The van der Waals surface area contributed by atoms with Crippen LogP contribution in [0.4, 0.5) is 5.95 Å². The minimum absolute atomic E-state index is 0.208. The van der Waals surface area contributed by atoms with Gasteiger partial charge in [0.1, 0.15) is 0 Å². The Hall–Kier alpha value is -2.08. The number of nitrogens with one attached hydrogen (secondary N) is 1. The lowest BCUT2D eigenvalue weighted by Crippen LogP contribution is -2.44. The number of rotatable bonds is 3. The van der Waals surface area contributed by atoms with Crippen LogP contribution in [0, 0.1) is 0 Å². The topological polar surface area (TPSA) is 78.2 Å². The number of aromatic amines is 1. The van der Waals surface area contributed by atoms with E-state index >= 15 is 0 Å². The number of H-pyrrole nitrogens is 1. The Bertz CT molecular complexity index is 605. The van der Waals surface area contributed by atoms with Crippen LogP contribution in [0.3, 0.4) is 0 Å². The summed E-state index contributed by atoms with van der Waals surface area (Å²) >= 11 is 0. The van der Waals surface area contributed by atoms with Crippen LogP contribution in [0.25, 0.3) is 11.0 Å². The average molecular weight is 287 g/mol. The van der Waals surface area contributed by atoms with E-state index in [1.165, 1.54) is 0 Å². The third-order valence-electron chi connectivity index (χ3n) is 4.17. The van der Waals surface area contributed by atoms with Crippen molar-refractivity contribution < 1.29 is 4.79 Å². The van der Waals surface area contributed by atoms with E-state index in [2.05, 4.69) is 19.8 Å². The molecule has 0 unspecified atom stereocenters. The summed E-state index contributed by atoms with van der Waals surface area (Å²) in [6.07, 6.45) is 0.995. The molecule has 3 N–H and O–H groups in total. The van der Waals surface area contributed by atoms with Crippen molar-refractivity contribution in [1.29, 1.82) is 0 Å². The van der Waals surface area contributed by atoms with E-state index in [4.69, 9.17) is 5.73 Å². The van der Waals surface area contributed by atoms with Gasteiger partial charge in [-0.2, -0.15) is 0 Å². The molecule has 1 saturated heterocycles. The molecule has 1 atom stereocenters. The summed E-state index contributed by atoms with van der Waals surface area (Å²) in [6, 6.07) is 7.83. The summed E-state index contributed by atoms with van der Waals surface area (Å²) in [6.45, 7) is 5.36. The molecule has 3 rings (SSSR count). The second-order valence-corrected chi connectivity index (χ2v) is 5.53. The lowest BCUT2D eigenvalue weighted by molar-refractivity contribution is -0.122. The van der Waals surface area contributed by atoms with Gasteiger partial charge in [-0.05, 0) is 25.5 Å². The summed E-state index contributed by atoms with van der Waals surface area (Å²) in [5, 5.41) is 0. The first-order valence-corrected chi connectivity index (χ1v) is 7.38. The van der Waals surface area contributed by atoms with Gasteiger partial charge in [-0.3, -0.25) is 9.69 Å². The molecule has 6 nitrogen and oxygen atoms in total. The summed E-state index contributed by atoms with van der Waals surface area (Å²) in [7, 11) is 0. The zero-order valence-electron chi connectivity index (χ0n) is 12.2. The van der Waals surface area contributed by atoms with Gasteiger partial charge in [0.25, 0.3) is 0 Å². The number of para-hydroxylation sites is 2. The third kappa shape index (κ3) is 2.85. The fourth-order valence-electron chi connectivity index (χ4n) is 2.81. The number of aromatic nitrogens is 2. The van der Waals surface area contributed by atoms with Crippen molar-refractivity contribution in [2.75, 3.05) is 31.1 Å². The normalized spacial score (nSPS) is 18.6. The van der Waals surface area contributed by atoms with Crippen LogP contribution < -0.4 is 10.6 Å². The van der Waals surface area contributed by atoms with E-state index in [0.717, 1.165) is 49.6 Å². The second-order valence-electron chi connectivity index (χ2n) is 5.53. The molecule has 0 radical (unpaired) electrons. The maximum atomic E-state index is 11.3. The van der Waals surface area contributed by atoms with E-state index in [-0.39, 0.29) is 11.9 Å². The number of nitrogens with zero attached hydrogens (tertiary/aromatic N) is 3. The summed E-state index contributed by atoms with van der Waals surface area (Å²) in [5.41, 5.74) is 7.44. The first-order valence-electron chi connectivity index (χ1n) is 7.38. The Kier molecular flexibility index (Phi) is 3.79. The molecule has 6 heteroatoms. The molecule has 2 heterocycles. The third-order valence-corrected chi connectivity index (χ3v) is 4.17. The Morgan fingerprint density at radius 2 is 2.10 bits per heavy atom. The smallest absolute Gasteiger partial charge is 0.234 e. The largest absolute Gasteiger partial charge is 0.368 e. The highest BCUT2D eigenvalue weighted by molar-refractivity contribution is 5.79. The van der Waals surface area contributed by atoms with Gasteiger partial charge in [0.2, 0.25) is 11.9 Å². The lowest BCUT2D eigenvalue weighted by Gasteiger charge is -2.25. The van der Waals surface area contributed by atoms with Crippen molar-refractivity contribution in [1.82, 2.24) is 14.9 Å². The predicted octanol–water partition coefficient (Wildman–Crippen LogP) is 0.949. The van der Waals surface area contributed by atoms with Crippen molar-refractivity contribution in [3.05, 3.63) is 24.3 Å². The molecule has 112 valence electrons. The molecule has 0 aliphatic carbocycles. The molecule has 1 aliphatic heterocycles. The van der Waals surface area contributed by atoms with Gasteiger partial charge in [0, 0.05) is 26.2 Å². The van der Waals surface area contributed by atoms with Crippen LogP contribution in [0.15, 0.2) is 24.3 Å². The van der Waals surface area contributed by atoms with E-state index in [1.54, 1.807) is 0 Å². The number of imidazole rings is 1. The molecular weight excluding hydrogens is 266 g/mol. The number of benzene rings is 1. The highest BCUT2D eigenvalue weighted by Gasteiger charge is 2.23. The zero-order chi connectivity index (χ0) is 14.8. The average Bonchev–Trinajstić information content (AvgIpc) is 2.76. The Balaban J connectivity index is 1.74. The summed E-state index contributed by atoms with van der Waals surface area (Å²) in [5.74, 6) is 0.650. The zero-order valence-corrected chi connectivity index (χ0v) is 12.2. The van der Waals surface area contributed by atoms with Crippen LogP contribution in [-0.4, -0.2) is 53.0 Å². The molecule has 1 fully saturated rings. The molecular formula is C15H21N5O. The van der Waals surface area contributed by atoms with Gasteiger partial charge in [0.05, 0.1) is 17.1 Å². The summed E-state index contributed by atoms with van der Waals surface area (Å²) < 4.78 is 0. The maximum absolute atomic E-state index is 11.3. The molecule has 2 aromatic rings. The number of fused-ring (bicyclic) bond motifs is 1. The van der Waals surface area contributed by atoms with Crippen molar-refractivity contribution >= 4 is 22.9 Å². The van der Waals surface area contributed by atoms with Gasteiger partial charge in [-0.25, -0.2) is 4.98 Å². The van der Waals surface area contributed by atoms with Gasteiger partial charge in [0.15, 0.2) is 0 Å². The Labute approximate surface area is 123 Å². The highest BCUT2D eigenvalue weighted by Crippen LogP contribution is 2.18. The SMILES string of the molecule is C[C@@H](C(N)=O)N1CCCN(c2nc3ccccc3[nH]2)CC1. The quantitative estimate of drug-likeness (QED) is 0.881. The molecule has 0 spiro atoms. The van der Waals surface area contributed by atoms with E-state index in [9.17, 15) is 4.79 Å². The van der Waals surface area contributed by atoms with E-state index < -0.39 is 0 Å². The molecule has 1 amide bonds. The number of anilines is 1. The van der Waals surface area contributed by atoms with E-state index in [0.29, 0.717) is 0 Å². The predicted molar refractivity (Wildman–Crippen MR) is 83.2 cm³/mol. The number of nitrogens with two attached hydrogens (primary N) is 1. The van der Waals surface area contributed by atoms with Gasteiger partial charge >= 0.3 is 0 Å². The molecule has 1 aromatic carbocycles. The number of hydrogen-bond acceptors (Lipinski definition) is 4. The number of primary amides is 1. The van der Waals surface area contributed by atoms with E-state index in [1.807, 2.05) is 31.2 Å². The molecule has 21 heavy (non-hydrogen) atoms. The summed E-state index contributed by atoms with van der Waals surface area (Å²) in [4.78, 5) is 23.7. The number of amides is 1. The molecule has 1 aromatic heterocycles. The first-order chi connectivity index (χ1) is 10.1. The second kappa shape index (κ2) is 5.73. The van der Waals surface area contributed by atoms with Gasteiger partial charge < -0.3 is 15.6 Å². The number of hydrogen-bond donors (Lipinski definition) is 2. The van der Waals surface area contributed by atoms with Crippen LogP contribution in [-0.2, 0) is 4.79 Å². The maximum Gasteiger partial charge on any atom is 0.234 e. The number of carbonyl (C=O) groups excluding carboxylic acids is 1. The molecule has 1 aliphatic rings. The van der Waals surface area contributed by atoms with Crippen molar-refractivity contribution in [2.24, 2.45) is 5.73 Å². The minimum Gasteiger partial charge on any atom is -0.368 e. The molecule has 0 bridgehead atoms.